The normalized spacial score (nSPS) is 13.5. The summed E-state index contributed by atoms with van der Waals surface area (Å²) in [7, 11) is 0. The molecular formula is C14H19F2NO. The molecule has 1 aromatic rings. The summed E-state index contributed by atoms with van der Waals surface area (Å²) in [6.07, 6.45) is -0.0687. The average Bonchev–Trinajstić information content (AvgIpc) is 2.22. The second kappa shape index (κ2) is 5.14. The first-order valence-corrected chi connectivity index (χ1v) is 5.88. The van der Waals surface area contributed by atoms with E-state index in [0.29, 0.717) is 0 Å². The molecule has 0 bridgehead atoms. The second-order valence-corrected chi connectivity index (χ2v) is 5.65. The summed E-state index contributed by atoms with van der Waals surface area (Å²) in [6.45, 7) is 7.14. The van der Waals surface area contributed by atoms with Gasteiger partial charge in [-0.15, -0.1) is 0 Å². The predicted octanol–water partition coefficient (Wildman–Crippen LogP) is 3.22. The lowest BCUT2D eigenvalue weighted by atomic mass is 9.83. The number of hydrogen-bond acceptors (Lipinski definition) is 2. The number of halogens is 2. The van der Waals surface area contributed by atoms with Gasteiger partial charge >= 0.3 is 0 Å². The second-order valence-electron chi connectivity index (χ2n) is 5.65. The van der Waals surface area contributed by atoms with Crippen LogP contribution in [-0.4, -0.2) is 11.8 Å². The summed E-state index contributed by atoms with van der Waals surface area (Å²) in [5, 5.41) is 0. The van der Waals surface area contributed by atoms with E-state index in [4.69, 9.17) is 5.73 Å². The van der Waals surface area contributed by atoms with E-state index < -0.39 is 29.0 Å². The Bertz CT molecular complexity index is 464. The quantitative estimate of drug-likeness (QED) is 0.843. The Hall–Kier alpha value is -1.29. The fourth-order valence-corrected chi connectivity index (χ4v) is 1.52. The molecule has 0 saturated heterocycles. The molecule has 1 unspecified atom stereocenters. The number of benzene rings is 1. The summed E-state index contributed by atoms with van der Waals surface area (Å²) in [5.41, 5.74) is 5.35. The SMILES string of the molecule is Cc1ccc(F)c(C(=O)CC(N)C(C)(C)C)c1F. The average molecular weight is 255 g/mol. The summed E-state index contributed by atoms with van der Waals surface area (Å²) >= 11 is 0. The Kier molecular flexibility index (Phi) is 4.22. The molecular weight excluding hydrogens is 236 g/mol. The van der Waals surface area contributed by atoms with Gasteiger partial charge in [-0.05, 0) is 24.0 Å². The van der Waals surface area contributed by atoms with Crippen LogP contribution in [-0.2, 0) is 0 Å². The molecule has 0 heterocycles. The molecule has 0 aliphatic rings. The van der Waals surface area contributed by atoms with Gasteiger partial charge in [0.05, 0.1) is 5.56 Å². The summed E-state index contributed by atoms with van der Waals surface area (Å²) in [4.78, 5) is 11.9. The molecule has 0 amide bonds. The lowest BCUT2D eigenvalue weighted by Crippen LogP contribution is -2.37. The molecule has 1 atom stereocenters. The number of carbonyl (C=O) groups is 1. The molecule has 1 rings (SSSR count). The first-order valence-electron chi connectivity index (χ1n) is 5.88. The van der Waals surface area contributed by atoms with E-state index in [9.17, 15) is 13.6 Å². The number of hydrogen-bond donors (Lipinski definition) is 1. The van der Waals surface area contributed by atoms with Crippen LogP contribution in [0, 0.1) is 24.0 Å². The minimum Gasteiger partial charge on any atom is -0.327 e. The van der Waals surface area contributed by atoms with Gasteiger partial charge in [0.1, 0.15) is 11.6 Å². The van der Waals surface area contributed by atoms with Crippen molar-refractivity contribution in [1.29, 1.82) is 0 Å². The van der Waals surface area contributed by atoms with E-state index in [1.807, 2.05) is 20.8 Å². The van der Waals surface area contributed by atoms with Crippen LogP contribution in [0.15, 0.2) is 12.1 Å². The maximum absolute atomic E-state index is 13.8. The topological polar surface area (TPSA) is 43.1 Å². The third kappa shape index (κ3) is 3.13. The van der Waals surface area contributed by atoms with E-state index in [2.05, 4.69) is 0 Å². The van der Waals surface area contributed by atoms with Crippen molar-refractivity contribution in [2.45, 2.75) is 40.2 Å². The van der Waals surface area contributed by atoms with Gasteiger partial charge in [0.25, 0.3) is 0 Å². The largest absolute Gasteiger partial charge is 0.327 e. The molecule has 0 fully saturated rings. The smallest absolute Gasteiger partial charge is 0.170 e. The van der Waals surface area contributed by atoms with Crippen LogP contribution in [0.4, 0.5) is 8.78 Å². The van der Waals surface area contributed by atoms with Gasteiger partial charge in [0, 0.05) is 12.5 Å². The number of Topliss-reactive ketones (excluding diaryl/α,β-unsaturated/α-hetero) is 1. The number of ketones is 1. The molecule has 18 heavy (non-hydrogen) atoms. The van der Waals surface area contributed by atoms with Crippen LogP contribution in [0.2, 0.25) is 0 Å². The zero-order chi connectivity index (χ0) is 14.1. The highest BCUT2D eigenvalue weighted by molar-refractivity contribution is 5.97. The molecule has 0 aliphatic heterocycles. The molecule has 2 nitrogen and oxygen atoms in total. The molecule has 1 aromatic carbocycles. The van der Waals surface area contributed by atoms with Crippen LogP contribution in [0.1, 0.15) is 43.1 Å². The Labute approximate surface area is 106 Å². The number of nitrogens with two attached hydrogens (primary N) is 1. The molecule has 0 saturated carbocycles. The lowest BCUT2D eigenvalue weighted by molar-refractivity contribution is 0.0944. The maximum Gasteiger partial charge on any atom is 0.170 e. The van der Waals surface area contributed by atoms with Crippen molar-refractivity contribution in [2.24, 2.45) is 11.1 Å². The van der Waals surface area contributed by atoms with Crippen LogP contribution < -0.4 is 5.73 Å². The molecule has 100 valence electrons. The van der Waals surface area contributed by atoms with E-state index in [0.717, 1.165) is 6.07 Å². The van der Waals surface area contributed by atoms with E-state index >= 15 is 0 Å². The Morgan fingerprint density at radius 3 is 2.39 bits per heavy atom. The first kappa shape index (κ1) is 14.8. The van der Waals surface area contributed by atoms with Crippen LogP contribution in [0.25, 0.3) is 0 Å². The third-order valence-corrected chi connectivity index (χ3v) is 3.08. The standard InChI is InChI=1S/C14H19F2NO/c1-8-5-6-9(15)12(13(8)16)10(18)7-11(17)14(2,3)4/h5-6,11H,7,17H2,1-4H3. The van der Waals surface area contributed by atoms with Crippen molar-refractivity contribution in [2.75, 3.05) is 0 Å². The van der Waals surface area contributed by atoms with Crippen LogP contribution >= 0.6 is 0 Å². The van der Waals surface area contributed by atoms with Crippen molar-refractivity contribution in [3.05, 3.63) is 34.9 Å². The van der Waals surface area contributed by atoms with Crippen molar-refractivity contribution in [3.63, 3.8) is 0 Å². The molecule has 0 radical (unpaired) electrons. The highest BCUT2D eigenvalue weighted by Gasteiger charge is 2.26. The zero-order valence-corrected chi connectivity index (χ0v) is 11.2. The van der Waals surface area contributed by atoms with Gasteiger partial charge in [-0.3, -0.25) is 4.79 Å². The first-order chi connectivity index (χ1) is 8.14. The maximum atomic E-state index is 13.8. The molecule has 0 aromatic heterocycles. The van der Waals surface area contributed by atoms with E-state index in [-0.39, 0.29) is 17.4 Å². The minimum absolute atomic E-state index is 0.0687. The summed E-state index contributed by atoms with van der Waals surface area (Å²) < 4.78 is 27.3. The summed E-state index contributed by atoms with van der Waals surface area (Å²) in [5.74, 6) is -2.21. The number of carbonyl (C=O) groups excluding carboxylic acids is 1. The van der Waals surface area contributed by atoms with Crippen LogP contribution in [0.5, 0.6) is 0 Å². The molecule has 4 heteroatoms. The van der Waals surface area contributed by atoms with E-state index in [1.165, 1.54) is 13.0 Å². The fourth-order valence-electron chi connectivity index (χ4n) is 1.52. The minimum atomic E-state index is -0.829. The van der Waals surface area contributed by atoms with Crippen molar-refractivity contribution < 1.29 is 13.6 Å². The Balaban J connectivity index is 3.02. The number of rotatable bonds is 3. The highest BCUT2D eigenvalue weighted by Crippen LogP contribution is 2.24. The fraction of sp³-hybridized carbons (Fsp3) is 0.500. The Morgan fingerprint density at radius 2 is 1.89 bits per heavy atom. The Morgan fingerprint density at radius 1 is 1.33 bits per heavy atom. The number of aryl methyl sites for hydroxylation is 1. The van der Waals surface area contributed by atoms with Crippen molar-refractivity contribution >= 4 is 5.78 Å². The highest BCUT2D eigenvalue weighted by atomic mass is 19.1. The molecule has 2 N–H and O–H groups in total. The van der Waals surface area contributed by atoms with Gasteiger partial charge in [0.15, 0.2) is 5.78 Å². The molecule has 0 aliphatic carbocycles. The lowest BCUT2D eigenvalue weighted by Gasteiger charge is -2.26. The van der Waals surface area contributed by atoms with Crippen molar-refractivity contribution in [1.82, 2.24) is 0 Å². The monoisotopic (exact) mass is 255 g/mol. The van der Waals surface area contributed by atoms with E-state index in [1.54, 1.807) is 0 Å². The third-order valence-electron chi connectivity index (χ3n) is 3.08. The van der Waals surface area contributed by atoms with Gasteiger partial charge in [-0.1, -0.05) is 26.8 Å². The van der Waals surface area contributed by atoms with Gasteiger partial charge in [-0.2, -0.15) is 0 Å². The van der Waals surface area contributed by atoms with Gasteiger partial charge in [0.2, 0.25) is 0 Å². The van der Waals surface area contributed by atoms with Gasteiger partial charge in [-0.25, -0.2) is 8.78 Å². The molecule has 0 spiro atoms. The van der Waals surface area contributed by atoms with Crippen molar-refractivity contribution in [3.8, 4) is 0 Å². The van der Waals surface area contributed by atoms with Crippen LogP contribution in [0.3, 0.4) is 0 Å². The van der Waals surface area contributed by atoms with Gasteiger partial charge < -0.3 is 5.73 Å². The summed E-state index contributed by atoms with van der Waals surface area (Å²) in [6, 6.07) is 1.98. The zero-order valence-electron chi connectivity index (χ0n) is 11.2. The predicted molar refractivity (Wildman–Crippen MR) is 67.5 cm³/mol.